The summed E-state index contributed by atoms with van der Waals surface area (Å²) in [6, 6.07) is 9.58. The van der Waals surface area contributed by atoms with Crippen molar-refractivity contribution in [2.75, 3.05) is 12.3 Å². The first-order valence-electron chi connectivity index (χ1n) is 8.85. The minimum absolute atomic E-state index is 0.105. The summed E-state index contributed by atoms with van der Waals surface area (Å²) in [4.78, 5) is 22.0. The summed E-state index contributed by atoms with van der Waals surface area (Å²) in [6.07, 6.45) is 0.589. The van der Waals surface area contributed by atoms with Crippen molar-refractivity contribution < 1.29 is 15.3 Å². The van der Waals surface area contributed by atoms with Gasteiger partial charge in [0.1, 0.15) is 11.6 Å². The van der Waals surface area contributed by atoms with Gasteiger partial charge in [-0.1, -0.05) is 0 Å². The number of fused-ring (bicyclic) bond motifs is 1. The van der Waals surface area contributed by atoms with Crippen molar-refractivity contribution in [2.45, 2.75) is 19.5 Å². The molecule has 6 N–H and O–H groups in total. The normalized spacial score (nSPS) is 14.0. The van der Waals surface area contributed by atoms with Gasteiger partial charge >= 0.3 is 0 Å². The second-order valence-electron chi connectivity index (χ2n) is 6.89. The van der Waals surface area contributed by atoms with Gasteiger partial charge in [0.05, 0.1) is 11.3 Å². The third-order valence-corrected chi connectivity index (χ3v) is 4.90. The number of phenolic OH excluding ortho intramolecular Hbond substituents is 3. The average Bonchev–Trinajstić information content (AvgIpc) is 2.67. The van der Waals surface area contributed by atoms with Crippen LogP contribution in [0.3, 0.4) is 0 Å². The molecule has 28 heavy (non-hydrogen) atoms. The molecule has 1 aromatic heterocycles. The largest absolute Gasteiger partial charge is 0.507 e. The van der Waals surface area contributed by atoms with E-state index in [9.17, 15) is 20.1 Å². The Morgan fingerprint density at radius 2 is 1.79 bits per heavy atom. The third kappa shape index (κ3) is 3.37. The molecule has 1 aliphatic heterocycles. The van der Waals surface area contributed by atoms with Crippen molar-refractivity contribution in [1.82, 2.24) is 14.9 Å². The first kappa shape index (κ1) is 17.9. The van der Waals surface area contributed by atoms with E-state index >= 15 is 0 Å². The van der Waals surface area contributed by atoms with Crippen LogP contribution in [0.5, 0.6) is 17.2 Å². The molecule has 4 rings (SSSR count). The minimum Gasteiger partial charge on any atom is -0.507 e. The van der Waals surface area contributed by atoms with Crippen LogP contribution in [0.1, 0.15) is 16.8 Å². The van der Waals surface area contributed by atoms with E-state index < -0.39 is 0 Å². The zero-order chi connectivity index (χ0) is 19.8. The lowest BCUT2D eigenvalue weighted by molar-refractivity contribution is 0.238. The standard InChI is InChI=1S/C20H20N4O4/c21-13-3-1-11(2-4-13)19-22-15-5-6-24(10-14(15)20(28)23-19)9-12-7-17(26)18(27)8-16(12)25/h1-4,7-8,25-27H,5-6,9-10,21H2,(H,22,23,28). The maximum absolute atomic E-state index is 12.6. The van der Waals surface area contributed by atoms with Crippen LogP contribution < -0.4 is 11.3 Å². The lowest BCUT2D eigenvalue weighted by Crippen LogP contribution is -2.35. The van der Waals surface area contributed by atoms with Crippen molar-refractivity contribution in [2.24, 2.45) is 0 Å². The Kier molecular flexibility index (Phi) is 4.40. The number of benzene rings is 2. The van der Waals surface area contributed by atoms with E-state index in [1.807, 2.05) is 17.0 Å². The number of nitrogens with two attached hydrogens (primary N) is 1. The number of nitrogens with one attached hydrogen (secondary N) is 1. The number of phenols is 3. The van der Waals surface area contributed by atoms with Gasteiger partial charge in [0.25, 0.3) is 5.56 Å². The van der Waals surface area contributed by atoms with Gasteiger partial charge in [-0.15, -0.1) is 0 Å². The Balaban J connectivity index is 1.58. The molecule has 2 aromatic carbocycles. The van der Waals surface area contributed by atoms with Gasteiger partial charge in [-0.05, 0) is 30.3 Å². The summed E-state index contributed by atoms with van der Waals surface area (Å²) < 4.78 is 0. The maximum atomic E-state index is 12.6. The molecule has 2 heterocycles. The number of anilines is 1. The zero-order valence-corrected chi connectivity index (χ0v) is 15.0. The topological polar surface area (TPSA) is 136 Å². The molecular formula is C20H20N4O4. The van der Waals surface area contributed by atoms with Gasteiger partial charge in [-0.25, -0.2) is 4.98 Å². The highest BCUT2D eigenvalue weighted by Gasteiger charge is 2.22. The molecule has 0 radical (unpaired) electrons. The summed E-state index contributed by atoms with van der Waals surface area (Å²) in [5.74, 6) is -0.260. The number of aromatic amines is 1. The van der Waals surface area contributed by atoms with Crippen LogP contribution >= 0.6 is 0 Å². The molecule has 0 saturated carbocycles. The van der Waals surface area contributed by atoms with Crippen LogP contribution in [0.15, 0.2) is 41.2 Å². The molecule has 8 heteroatoms. The van der Waals surface area contributed by atoms with Crippen molar-refractivity contribution >= 4 is 5.69 Å². The Morgan fingerprint density at radius 1 is 1.07 bits per heavy atom. The Morgan fingerprint density at radius 3 is 2.54 bits per heavy atom. The van der Waals surface area contributed by atoms with Crippen molar-refractivity contribution in [1.29, 1.82) is 0 Å². The van der Waals surface area contributed by atoms with Gasteiger partial charge in [0.15, 0.2) is 11.5 Å². The summed E-state index contributed by atoms with van der Waals surface area (Å²) in [5.41, 5.74) is 8.77. The highest BCUT2D eigenvalue weighted by Crippen LogP contribution is 2.33. The first-order valence-corrected chi connectivity index (χ1v) is 8.85. The molecule has 8 nitrogen and oxygen atoms in total. The molecular weight excluding hydrogens is 360 g/mol. The predicted octanol–water partition coefficient (Wildman–Crippen LogP) is 1.69. The lowest BCUT2D eigenvalue weighted by Gasteiger charge is -2.28. The summed E-state index contributed by atoms with van der Waals surface area (Å²) in [6.45, 7) is 1.35. The van der Waals surface area contributed by atoms with Crippen molar-refractivity contribution in [3.63, 3.8) is 0 Å². The molecule has 0 aliphatic carbocycles. The maximum Gasteiger partial charge on any atom is 0.255 e. The Hall–Kier alpha value is -3.52. The number of aromatic hydroxyl groups is 3. The Bertz CT molecular complexity index is 1090. The van der Waals surface area contributed by atoms with Crippen LogP contribution in [-0.2, 0) is 19.5 Å². The highest BCUT2D eigenvalue weighted by molar-refractivity contribution is 5.58. The second kappa shape index (κ2) is 6.90. The molecule has 0 atom stereocenters. The lowest BCUT2D eigenvalue weighted by atomic mass is 10.0. The number of rotatable bonds is 3. The molecule has 0 saturated heterocycles. The Labute approximate surface area is 160 Å². The van der Waals surface area contributed by atoms with Crippen LogP contribution in [0.4, 0.5) is 5.69 Å². The smallest absolute Gasteiger partial charge is 0.255 e. The number of nitrogens with zero attached hydrogens (tertiary/aromatic N) is 2. The van der Waals surface area contributed by atoms with Crippen molar-refractivity contribution in [3.8, 4) is 28.6 Å². The second-order valence-corrected chi connectivity index (χ2v) is 6.89. The van der Waals surface area contributed by atoms with Crippen LogP contribution in [0, 0.1) is 0 Å². The van der Waals surface area contributed by atoms with Gasteiger partial charge in [-0.2, -0.15) is 0 Å². The molecule has 0 unspecified atom stereocenters. The molecule has 3 aromatic rings. The predicted molar refractivity (Wildman–Crippen MR) is 104 cm³/mol. The summed E-state index contributed by atoms with van der Waals surface area (Å²) in [5, 5.41) is 29.1. The van der Waals surface area contributed by atoms with Crippen LogP contribution in [0.25, 0.3) is 11.4 Å². The number of hydrogen-bond acceptors (Lipinski definition) is 7. The van der Waals surface area contributed by atoms with E-state index in [4.69, 9.17) is 5.73 Å². The number of hydrogen-bond donors (Lipinski definition) is 5. The molecule has 144 valence electrons. The zero-order valence-electron chi connectivity index (χ0n) is 15.0. The van der Waals surface area contributed by atoms with E-state index in [0.29, 0.717) is 48.7 Å². The van der Waals surface area contributed by atoms with Crippen LogP contribution in [0.2, 0.25) is 0 Å². The number of H-pyrrole nitrogens is 1. The molecule has 0 amide bonds. The fourth-order valence-corrected chi connectivity index (χ4v) is 3.37. The SMILES string of the molecule is Nc1ccc(-c2nc3c(c(=O)[nH]2)CN(Cc2cc(O)c(O)cc2O)CC3)cc1. The van der Waals surface area contributed by atoms with E-state index in [1.165, 1.54) is 6.07 Å². The molecule has 1 aliphatic rings. The van der Waals surface area contributed by atoms with E-state index in [1.54, 1.807) is 12.1 Å². The van der Waals surface area contributed by atoms with Gasteiger partial charge < -0.3 is 26.0 Å². The number of nitrogen functional groups attached to an aromatic ring is 1. The van der Waals surface area contributed by atoms with Crippen LogP contribution in [-0.4, -0.2) is 36.7 Å². The molecule has 0 fully saturated rings. The van der Waals surface area contributed by atoms with Gasteiger partial charge in [0.2, 0.25) is 0 Å². The van der Waals surface area contributed by atoms with E-state index in [0.717, 1.165) is 17.3 Å². The molecule has 0 spiro atoms. The fraction of sp³-hybridized carbons (Fsp3) is 0.200. The van der Waals surface area contributed by atoms with Gasteiger partial charge in [-0.3, -0.25) is 9.69 Å². The fourth-order valence-electron chi connectivity index (χ4n) is 3.37. The van der Waals surface area contributed by atoms with Crippen molar-refractivity contribution in [3.05, 3.63) is 63.6 Å². The average molecular weight is 380 g/mol. The van der Waals surface area contributed by atoms with Gasteiger partial charge in [0, 0.05) is 48.9 Å². The number of aromatic nitrogens is 2. The third-order valence-electron chi connectivity index (χ3n) is 4.90. The quantitative estimate of drug-likeness (QED) is 0.265. The van der Waals surface area contributed by atoms with E-state index in [2.05, 4.69) is 9.97 Å². The highest BCUT2D eigenvalue weighted by atomic mass is 16.3. The molecule has 0 bridgehead atoms. The van der Waals surface area contributed by atoms with E-state index in [-0.39, 0.29) is 22.8 Å². The minimum atomic E-state index is -0.374. The summed E-state index contributed by atoms with van der Waals surface area (Å²) >= 11 is 0. The summed E-state index contributed by atoms with van der Waals surface area (Å²) in [7, 11) is 0. The monoisotopic (exact) mass is 380 g/mol. The first-order chi connectivity index (χ1) is 13.4.